The summed E-state index contributed by atoms with van der Waals surface area (Å²) in [6.07, 6.45) is 0.519. The van der Waals surface area contributed by atoms with Crippen molar-refractivity contribution in [2.75, 3.05) is 0 Å². The maximum atomic E-state index is 10.3. The van der Waals surface area contributed by atoms with Crippen molar-refractivity contribution in [3.63, 3.8) is 0 Å². The minimum atomic E-state index is -2.04. The van der Waals surface area contributed by atoms with E-state index in [0.717, 1.165) is 5.56 Å². The van der Waals surface area contributed by atoms with Gasteiger partial charge in [-0.1, -0.05) is 30.3 Å². The van der Waals surface area contributed by atoms with Crippen LogP contribution in [0.1, 0.15) is 24.3 Å². The molecule has 0 amide bonds. The van der Waals surface area contributed by atoms with E-state index in [9.17, 15) is 10.2 Å². The van der Waals surface area contributed by atoms with Crippen molar-refractivity contribution in [2.45, 2.75) is 30.0 Å². The molecular formula is C13H12N2O2. The van der Waals surface area contributed by atoms with Crippen LogP contribution in [0.4, 0.5) is 0 Å². The Labute approximate surface area is 99.4 Å². The van der Waals surface area contributed by atoms with Crippen molar-refractivity contribution in [3.8, 4) is 12.1 Å². The van der Waals surface area contributed by atoms with Gasteiger partial charge in [0.25, 0.3) is 0 Å². The highest BCUT2D eigenvalue weighted by atomic mass is 16.4. The maximum absolute atomic E-state index is 10.3. The summed E-state index contributed by atoms with van der Waals surface area (Å²) >= 11 is 0. The van der Waals surface area contributed by atoms with Gasteiger partial charge in [-0.05, 0) is 18.4 Å². The van der Waals surface area contributed by atoms with Gasteiger partial charge in [0, 0.05) is 5.92 Å². The molecule has 4 heteroatoms. The molecule has 0 saturated heterocycles. The number of benzene rings is 1. The van der Waals surface area contributed by atoms with Gasteiger partial charge < -0.3 is 10.2 Å². The average Bonchev–Trinajstić information content (AvgIpc) is 2.65. The Morgan fingerprint density at radius 1 is 1.12 bits per heavy atom. The first-order valence-corrected chi connectivity index (χ1v) is 5.39. The molecule has 4 nitrogen and oxygen atoms in total. The number of rotatable bonds is 1. The van der Waals surface area contributed by atoms with Gasteiger partial charge in [0.05, 0.1) is 0 Å². The van der Waals surface area contributed by atoms with Gasteiger partial charge in [0.15, 0.2) is 11.2 Å². The predicted octanol–water partition coefficient (Wildman–Crippen LogP) is 1.07. The third-order valence-corrected chi connectivity index (χ3v) is 3.49. The third kappa shape index (κ3) is 1.51. The molecule has 1 fully saturated rings. The van der Waals surface area contributed by atoms with Gasteiger partial charge >= 0.3 is 0 Å². The standard InChI is InChI=1S/C13H12N2O2/c14-8-12(16)7-6-11(13(12,17)9-15)10-4-2-1-3-5-10/h1-5,11,16-17H,6-7H2. The first-order valence-electron chi connectivity index (χ1n) is 5.39. The first-order chi connectivity index (χ1) is 8.07. The van der Waals surface area contributed by atoms with Crippen molar-refractivity contribution in [3.05, 3.63) is 35.9 Å². The first kappa shape index (κ1) is 11.6. The van der Waals surface area contributed by atoms with Gasteiger partial charge in [-0.25, -0.2) is 0 Å². The van der Waals surface area contributed by atoms with Crippen molar-refractivity contribution < 1.29 is 10.2 Å². The van der Waals surface area contributed by atoms with E-state index in [4.69, 9.17) is 10.5 Å². The Morgan fingerprint density at radius 2 is 1.76 bits per heavy atom. The number of nitrogens with zero attached hydrogens (tertiary/aromatic N) is 2. The quantitative estimate of drug-likeness (QED) is 0.704. The Hall–Kier alpha value is -1.88. The molecule has 0 heterocycles. The molecule has 86 valence electrons. The summed E-state index contributed by atoms with van der Waals surface area (Å²) in [5.74, 6) is -0.529. The summed E-state index contributed by atoms with van der Waals surface area (Å²) in [7, 11) is 0. The summed E-state index contributed by atoms with van der Waals surface area (Å²) in [4.78, 5) is 0. The fourth-order valence-corrected chi connectivity index (χ4v) is 2.45. The zero-order valence-corrected chi connectivity index (χ0v) is 9.17. The second kappa shape index (κ2) is 3.85. The van der Waals surface area contributed by atoms with Gasteiger partial charge in [-0.2, -0.15) is 10.5 Å². The normalized spacial score (nSPS) is 36.1. The fraction of sp³-hybridized carbons (Fsp3) is 0.385. The van der Waals surface area contributed by atoms with Crippen LogP contribution >= 0.6 is 0 Å². The molecule has 1 aliphatic carbocycles. The van der Waals surface area contributed by atoms with Crippen molar-refractivity contribution in [1.82, 2.24) is 0 Å². The fourth-order valence-electron chi connectivity index (χ4n) is 2.45. The van der Waals surface area contributed by atoms with E-state index >= 15 is 0 Å². The second-order valence-electron chi connectivity index (χ2n) is 4.35. The molecule has 0 aliphatic heterocycles. The van der Waals surface area contributed by atoms with Crippen LogP contribution < -0.4 is 0 Å². The Morgan fingerprint density at radius 3 is 2.29 bits per heavy atom. The van der Waals surface area contributed by atoms with Crippen LogP contribution in [0.3, 0.4) is 0 Å². The molecule has 0 radical (unpaired) electrons. The maximum Gasteiger partial charge on any atom is 0.200 e. The van der Waals surface area contributed by atoms with Gasteiger partial charge in [0.1, 0.15) is 12.1 Å². The monoisotopic (exact) mass is 228 g/mol. The number of aliphatic hydroxyl groups is 2. The molecular weight excluding hydrogens is 216 g/mol. The molecule has 2 N–H and O–H groups in total. The summed E-state index contributed by atoms with van der Waals surface area (Å²) in [6, 6.07) is 12.4. The van der Waals surface area contributed by atoms with Crippen molar-refractivity contribution in [1.29, 1.82) is 10.5 Å². The highest BCUT2D eigenvalue weighted by Gasteiger charge is 2.61. The highest BCUT2D eigenvalue weighted by Crippen LogP contribution is 2.48. The highest BCUT2D eigenvalue weighted by molar-refractivity contribution is 5.37. The van der Waals surface area contributed by atoms with E-state index < -0.39 is 17.1 Å². The molecule has 3 atom stereocenters. The minimum Gasteiger partial charge on any atom is -0.372 e. The Bertz CT molecular complexity index is 502. The number of hydrogen-bond acceptors (Lipinski definition) is 4. The van der Waals surface area contributed by atoms with E-state index in [1.165, 1.54) is 0 Å². The summed E-state index contributed by atoms with van der Waals surface area (Å²) in [5, 5.41) is 38.4. The molecule has 1 aromatic rings. The van der Waals surface area contributed by atoms with E-state index in [-0.39, 0.29) is 6.42 Å². The van der Waals surface area contributed by atoms with Crippen LogP contribution in [0.5, 0.6) is 0 Å². The van der Waals surface area contributed by atoms with Crippen LogP contribution in [0.2, 0.25) is 0 Å². The zero-order valence-electron chi connectivity index (χ0n) is 9.17. The van der Waals surface area contributed by atoms with E-state index in [1.54, 1.807) is 36.4 Å². The van der Waals surface area contributed by atoms with Gasteiger partial charge in [-0.3, -0.25) is 0 Å². The molecule has 0 bridgehead atoms. The minimum absolute atomic E-state index is 0.104. The Kier molecular flexibility index (Phi) is 2.63. The Balaban J connectivity index is 2.47. The zero-order chi connectivity index (χ0) is 12.5. The van der Waals surface area contributed by atoms with Gasteiger partial charge in [-0.15, -0.1) is 0 Å². The molecule has 2 rings (SSSR count). The van der Waals surface area contributed by atoms with Crippen LogP contribution in [0, 0.1) is 22.7 Å². The van der Waals surface area contributed by atoms with Crippen LogP contribution in [-0.4, -0.2) is 21.4 Å². The third-order valence-electron chi connectivity index (χ3n) is 3.49. The topological polar surface area (TPSA) is 88.0 Å². The lowest BCUT2D eigenvalue weighted by Crippen LogP contribution is -2.50. The smallest absolute Gasteiger partial charge is 0.200 e. The average molecular weight is 228 g/mol. The van der Waals surface area contributed by atoms with Crippen molar-refractivity contribution >= 4 is 0 Å². The second-order valence-corrected chi connectivity index (χ2v) is 4.35. The number of nitriles is 2. The SMILES string of the molecule is N#CC1(O)CCC(c2ccccc2)C1(O)C#N. The lowest BCUT2D eigenvalue weighted by Gasteiger charge is -2.30. The van der Waals surface area contributed by atoms with Crippen molar-refractivity contribution in [2.24, 2.45) is 0 Å². The van der Waals surface area contributed by atoms with Crippen LogP contribution in [-0.2, 0) is 0 Å². The molecule has 1 aromatic carbocycles. The summed E-state index contributed by atoms with van der Waals surface area (Å²) in [5.41, 5.74) is -3.26. The van der Waals surface area contributed by atoms with Gasteiger partial charge in [0.2, 0.25) is 0 Å². The molecule has 0 aromatic heterocycles. The number of hydrogen-bond donors (Lipinski definition) is 2. The predicted molar refractivity (Wildman–Crippen MR) is 59.5 cm³/mol. The van der Waals surface area contributed by atoms with E-state index in [1.807, 2.05) is 6.07 Å². The lowest BCUT2D eigenvalue weighted by molar-refractivity contribution is -0.0660. The largest absolute Gasteiger partial charge is 0.372 e. The molecule has 3 unspecified atom stereocenters. The molecule has 17 heavy (non-hydrogen) atoms. The molecule has 1 aliphatic rings. The van der Waals surface area contributed by atoms with Crippen LogP contribution in [0.25, 0.3) is 0 Å². The van der Waals surface area contributed by atoms with Crippen LogP contribution in [0.15, 0.2) is 30.3 Å². The summed E-state index contributed by atoms with van der Waals surface area (Å²) in [6.45, 7) is 0. The van der Waals surface area contributed by atoms with E-state index in [2.05, 4.69) is 0 Å². The lowest BCUT2D eigenvalue weighted by atomic mass is 9.79. The summed E-state index contributed by atoms with van der Waals surface area (Å²) < 4.78 is 0. The molecule has 1 saturated carbocycles. The molecule has 0 spiro atoms. The van der Waals surface area contributed by atoms with E-state index in [0.29, 0.717) is 6.42 Å².